The number of hydrogen-bond acceptors (Lipinski definition) is 2. The Balaban J connectivity index is 2.11. The van der Waals surface area contributed by atoms with Crippen LogP contribution in [0.25, 0.3) is 10.4 Å². The lowest BCUT2D eigenvalue weighted by atomic mass is 9.95. The molecule has 0 atom stereocenters. The van der Waals surface area contributed by atoms with Crippen LogP contribution in [0.2, 0.25) is 0 Å². The van der Waals surface area contributed by atoms with Crippen LogP contribution >= 0.6 is 0 Å². The smallest absolute Gasteiger partial charge is 0.119 e. The predicted octanol–water partition coefficient (Wildman–Crippen LogP) is 4.02. The molecule has 4 heteroatoms. The van der Waals surface area contributed by atoms with Crippen LogP contribution in [0.1, 0.15) is 32.3 Å². The molecule has 0 heterocycles. The summed E-state index contributed by atoms with van der Waals surface area (Å²) < 4.78 is 5.71. The summed E-state index contributed by atoms with van der Waals surface area (Å²) in [6, 6.07) is 7.79. The van der Waals surface area contributed by atoms with Gasteiger partial charge in [-0.1, -0.05) is 31.1 Å². The first-order chi connectivity index (χ1) is 8.12. The first kappa shape index (κ1) is 11.8. The zero-order valence-electron chi connectivity index (χ0n) is 10.3. The molecule has 1 aromatic rings. The zero-order chi connectivity index (χ0) is 12.3. The lowest BCUT2D eigenvalue weighted by Gasteiger charge is -2.19. The normalized spacial score (nSPS) is 15.2. The van der Waals surface area contributed by atoms with Crippen LogP contribution in [0, 0.1) is 5.92 Å². The quantitative estimate of drug-likeness (QED) is 0.429. The van der Waals surface area contributed by atoms with Crippen molar-refractivity contribution in [2.75, 3.05) is 6.61 Å². The van der Waals surface area contributed by atoms with Crippen molar-refractivity contribution in [3.05, 3.63) is 40.3 Å². The molecule has 1 aliphatic carbocycles. The van der Waals surface area contributed by atoms with Crippen LogP contribution in [0.5, 0.6) is 5.75 Å². The Morgan fingerprint density at radius 3 is 2.88 bits per heavy atom. The van der Waals surface area contributed by atoms with Gasteiger partial charge in [-0.25, -0.2) is 0 Å². The molecule has 0 bridgehead atoms. The first-order valence-electron chi connectivity index (χ1n) is 5.91. The Bertz CT molecular complexity index is 446. The fourth-order valence-corrected chi connectivity index (χ4v) is 1.63. The lowest BCUT2D eigenvalue weighted by molar-refractivity contribution is 0.299. The topological polar surface area (TPSA) is 58.0 Å². The van der Waals surface area contributed by atoms with Gasteiger partial charge in [0.25, 0.3) is 0 Å². The van der Waals surface area contributed by atoms with Crippen LogP contribution in [0.3, 0.4) is 0 Å². The van der Waals surface area contributed by atoms with Gasteiger partial charge in [-0.2, -0.15) is 0 Å². The van der Waals surface area contributed by atoms with Crippen LogP contribution in [0.15, 0.2) is 29.4 Å². The number of ether oxygens (including phenoxy) is 1. The molecule has 0 N–H and O–H groups in total. The van der Waals surface area contributed by atoms with Crippen molar-refractivity contribution >= 4 is 0 Å². The van der Waals surface area contributed by atoms with E-state index in [0.29, 0.717) is 0 Å². The Morgan fingerprint density at radius 1 is 1.47 bits per heavy atom. The number of benzene rings is 1. The number of nitrogens with zero attached hydrogens (tertiary/aromatic N) is 3. The van der Waals surface area contributed by atoms with E-state index in [1.165, 1.54) is 12.8 Å². The molecule has 1 aromatic carbocycles. The highest BCUT2D eigenvalue weighted by molar-refractivity contribution is 5.32. The maximum absolute atomic E-state index is 8.54. The third-order valence-corrected chi connectivity index (χ3v) is 3.02. The molecular formula is C13H17N3O. The third-order valence-electron chi connectivity index (χ3n) is 3.02. The largest absolute Gasteiger partial charge is 0.493 e. The van der Waals surface area contributed by atoms with Crippen LogP contribution in [-0.4, -0.2) is 6.61 Å². The van der Waals surface area contributed by atoms with E-state index >= 15 is 0 Å². The van der Waals surface area contributed by atoms with Crippen molar-refractivity contribution in [2.24, 2.45) is 11.0 Å². The summed E-state index contributed by atoms with van der Waals surface area (Å²) in [6.07, 6.45) is 2.56. The molecule has 0 aromatic heterocycles. The first-order valence-corrected chi connectivity index (χ1v) is 5.91. The molecule has 1 aliphatic rings. The molecule has 1 saturated carbocycles. The number of hydrogen-bond donors (Lipinski definition) is 0. The summed E-state index contributed by atoms with van der Waals surface area (Å²) in [5.74, 6) is 1.60. The second kappa shape index (κ2) is 4.68. The summed E-state index contributed by atoms with van der Waals surface area (Å²) >= 11 is 0. The molecule has 0 saturated heterocycles. The molecule has 0 aliphatic heterocycles. The molecule has 0 spiro atoms. The molecule has 0 amide bonds. The van der Waals surface area contributed by atoms with Crippen LogP contribution in [0.4, 0.5) is 0 Å². The van der Waals surface area contributed by atoms with E-state index in [-0.39, 0.29) is 0 Å². The van der Waals surface area contributed by atoms with Crippen molar-refractivity contribution in [3.63, 3.8) is 0 Å². The second-order valence-electron chi connectivity index (χ2n) is 5.03. The van der Waals surface area contributed by atoms with E-state index in [9.17, 15) is 0 Å². The van der Waals surface area contributed by atoms with Crippen molar-refractivity contribution in [1.29, 1.82) is 0 Å². The molecule has 4 nitrogen and oxygen atoms in total. The summed E-state index contributed by atoms with van der Waals surface area (Å²) in [7, 11) is 0. The molecule has 0 radical (unpaired) electrons. The van der Waals surface area contributed by atoms with E-state index in [1.54, 1.807) is 0 Å². The predicted molar refractivity (Wildman–Crippen MR) is 66.8 cm³/mol. The molecule has 0 unspecified atom stereocenters. The van der Waals surface area contributed by atoms with Crippen molar-refractivity contribution < 1.29 is 4.74 Å². The Kier molecular flexibility index (Phi) is 3.25. The highest BCUT2D eigenvalue weighted by Gasteiger charge is 2.22. The summed E-state index contributed by atoms with van der Waals surface area (Å²) in [6.45, 7) is 4.59. The van der Waals surface area contributed by atoms with Gasteiger partial charge in [0.2, 0.25) is 0 Å². The third kappa shape index (κ3) is 3.14. The minimum Gasteiger partial charge on any atom is -0.493 e. The molecule has 90 valence electrons. The Morgan fingerprint density at radius 2 is 2.24 bits per heavy atom. The van der Waals surface area contributed by atoms with Crippen molar-refractivity contribution in [1.82, 2.24) is 0 Å². The van der Waals surface area contributed by atoms with E-state index in [1.807, 2.05) is 38.1 Å². The molecule has 2 rings (SSSR count). The van der Waals surface area contributed by atoms with E-state index < -0.39 is 5.54 Å². The van der Waals surface area contributed by atoms with Crippen LogP contribution in [-0.2, 0) is 5.54 Å². The van der Waals surface area contributed by atoms with Crippen molar-refractivity contribution in [3.8, 4) is 5.75 Å². The monoisotopic (exact) mass is 231 g/mol. The fraction of sp³-hybridized carbons (Fsp3) is 0.538. The standard InChI is InChI=1S/C13H17N3O/c1-13(2,15-16-14)11-4-3-5-12(8-11)17-9-10-6-7-10/h3-5,8,10H,6-7,9H2,1-2H3. The van der Waals surface area contributed by atoms with Gasteiger partial charge in [0.1, 0.15) is 5.75 Å². The SMILES string of the molecule is CC(C)(N=[N+]=[N-])c1cccc(OCC2CC2)c1. The number of azide groups is 1. The van der Waals surface area contributed by atoms with E-state index in [4.69, 9.17) is 10.3 Å². The van der Waals surface area contributed by atoms with Gasteiger partial charge in [0, 0.05) is 4.91 Å². The highest BCUT2D eigenvalue weighted by Crippen LogP contribution is 2.31. The maximum Gasteiger partial charge on any atom is 0.119 e. The Hall–Kier alpha value is -1.67. The average molecular weight is 231 g/mol. The summed E-state index contributed by atoms with van der Waals surface area (Å²) in [5.41, 5.74) is 8.99. The lowest BCUT2D eigenvalue weighted by Crippen LogP contribution is -2.12. The minimum atomic E-state index is -0.534. The van der Waals surface area contributed by atoms with Gasteiger partial charge < -0.3 is 4.74 Å². The minimum absolute atomic E-state index is 0.534. The average Bonchev–Trinajstić information content (AvgIpc) is 3.10. The second-order valence-corrected chi connectivity index (χ2v) is 5.03. The fourth-order valence-electron chi connectivity index (χ4n) is 1.63. The van der Waals surface area contributed by atoms with Gasteiger partial charge in [0.05, 0.1) is 12.1 Å². The maximum atomic E-state index is 8.54. The number of rotatable bonds is 5. The highest BCUT2D eigenvalue weighted by atomic mass is 16.5. The van der Waals surface area contributed by atoms with Crippen LogP contribution < -0.4 is 4.74 Å². The summed E-state index contributed by atoms with van der Waals surface area (Å²) in [5, 5.41) is 3.80. The van der Waals surface area contributed by atoms with Gasteiger partial charge in [-0.05, 0) is 42.0 Å². The molecule has 17 heavy (non-hydrogen) atoms. The molecule has 1 fully saturated rings. The molecular weight excluding hydrogens is 214 g/mol. The Labute approximate surface area is 101 Å². The van der Waals surface area contributed by atoms with Gasteiger partial charge >= 0.3 is 0 Å². The van der Waals surface area contributed by atoms with Gasteiger partial charge in [0.15, 0.2) is 0 Å². The van der Waals surface area contributed by atoms with E-state index in [0.717, 1.165) is 23.8 Å². The van der Waals surface area contributed by atoms with Gasteiger partial charge in [-0.15, -0.1) is 0 Å². The van der Waals surface area contributed by atoms with E-state index in [2.05, 4.69) is 10.0 Å². The van der Waals surface area contributed by atoms with Gasteiger partial charge in [-0.3, -0.25) is 0 Å². The zero-order valence-corrected chi connectivity index (χ0v) is 10.3. The summed E-state index contributed by atoms with van der Waals surface area (Å²) in [4.78, 5) is 2.88. The van der Waals surface area contributed by atoms with Crippen molar-refractivity contribution in [2.45, 2.75) is 32.2 Å².